The van der Waals surface area contributed by atoms with Gasteiger partial charge in [-0.15, -0.1) is 0 Å². The molecule has 1 aliphatic carbocycles. The van der Waals surface area contributed by atoms with E-state index in [0.29, 0.717) is 5.84 Å². The van der Waals surface area contributed by atoms with Crippen LogP contribution in [0.3, 0.4) is 0 Å². The summed E-state index contributed by atoms with van der Waals surface area (Å²) in [5, 5.41) is 13.6. The molecule has 0 saturated carbocycles. The zero-order valence-corrected chi connectivity index (χ0v) is 13.7. The lowest BCUT2D eigenvalue weighted by atomic mass is 9.83. The predicted octanol–water partition coefficient (Wildman–Crippen LogP) is 2.17. The summed E-state index contributed by atoms with van der Waals surface area (Å²) in [7, 11) is 0. The van der Waals surface area contributed by atoms with E-state index >= 15 is 0 Å². The normalized spacial score (nSPS) is 23.0. The van der Waals surface area contributed by atoms with Gasteiger partial charge in [-0.2, -0.15) is 0 Å². The standard InChI is InChI=1S/C17H18ClN5/c1-17-8-6-12(16(19)21-22-20)10-14(17)7-9-23(17)11-13-4-2-3-5-15(13)18/h2-7,9-10H,8,11H2,1H3,(H3,19,20,21)/p+1. The van der Waals surface area contributed by atoms with Crippen LogP contribution in [0.5, 0.6) is 0 Å². The molecule has 0 bridgehead atoms. The summed E-state index contributed by atoms with van der Waals surface area (Å²) >= 11 is 6.29. The van der Waals surface area contributed by atoms with Crippen molar-refractivity contribution >= 4 is 17.4 Å². The lowest BCUT2D eigenvalue weighted by Crippen LogP contribution is -2.44. The van der Waals surface area contributed by atoms with Gasteiger partial charge in [-0.1, -0.05) is 35.9 Å². The molecular formula is C17H19ClN5+. The number of nitrogens with zero attached hydrogens (tertiary/aromatic N) is 3. The van der Waals surface area contributed by atoms with Crippen LogP contribution in [0.1, 0.15) is 18.9 Å². The highest BCUT2D eigenvalue weighted by Gasteiger charge is 2.39. The third-order valence-corrected chi connectivity index (χ3v) is 4.85. The molecule has 3 rings (SSSR count). The van der Waals surface area contributed by atoms with Gasteiger partial charge in [0.25, 0.3) is 0 Å². The molecule has 23 heavy (non-hydrogen) atoms. The van der Waals surface area contributed by atoms with Gasteiger partial charge in [0.05, 0.1) is 16.2 Å². The van der Waals surface area contributed by atoms with E-state index in [9.17, 15) is 0 Å². The lowest BCUT2D eigenvalue weighted by molar-refractivity contribution is -0.114. The van der Waals surface area contributed by atoms with Gasteiger partial charge in [0.2, 0.25) is 0 Å². The number of fused-ring (bicyclic) bond motifs is 1. The fourth-order valence-corrected chi connectivity index (χ4v) is 3.19. The molecule has 1 heterocycles. The van der Waals surface area contributed by atoms with E-state index in [2.05, 4.69) is 46.6 Å². The molecule has 1 aliphatic heterocycles. The highest BCUT2D eigenvalue weighted by atomic mass is 35.5. The Labute approximate surface area is 140 Å². The molecule has 0 spiro atoms. The van der Waals surface area contributed by atoms with E-state index < -0.39 is 0 Å². The predicted molar refractivity (Wildman–Crippen MR) is 91.3 cm³/mol. The number of nitrogens with two attached hydrogens (primary N) is 2. The van der Waals surface area contributed by atoms with E-state index in [-0.39, 0.29) is 5.54 Å². The van der Waals surface area contributed by atoms with Crippen LogP contribution in [-0.4, -0.2) is 16.3 Å². The summed E-state index contributed by atoms with van der Waals surface area (Å²) in [6, 6.07) is 7.92. The monoisotopic (exact) mass is 328 g/mol. The minimum Gasteiger partial charge on any atom is -0.363 e. The second kappa shape index (κ2) is 6.01. The summed E-state index contributed by atoms with van der Waals surface area (Å²) in [6.45, 7) is 2.97. The third kappa shape index (κ3) is 2.80. The van der Waals surface area contributed by atoms with Crippen LogP contribution < -0.4 is 11.3 Å². The van der Waals surface area contributed by atoms with E-state index in [0.717, 1.165) is 29.1 Å². The Morgan fingerprint density at radius 1 is 1.43 bits per heavy atom. The van der Waals surface area contributed by atoms with Gasteiger partial charge in [-0.05, 0) is 42.7 Å². The second-order valence-electron chi connectivity index (χ2n) is 5.87. The number of hydrogen-bond donors (Lipinski definition) is 2. The van der Waals surface area contributed by atoms with E-state index in [1.54, 1.807) is 0 Å². The Balaban J connectivity index is 1.83. The zero-order valence-electron chi connectivity index (χ0n) is 12.9. The first-order valence-corrected chi connectivity index (χ1v) is 7.77. The molecule has 5 nitrogen and oxygen atoms in total. The number of amidine groups is 1. The zero-order chi connectivity index (χ0) is 16.4. The molecule has 0 aromatic heterocycles. The number of hydrogen-bond acceptors (Lipinski definition) is 2. The van der Waals surface area contributed by atoms with E-state index in [1.807, 2.05) is 24.3 Å². The molecule has 0 radical (unpaired) electrons. The first-order valence-electron chi connectivity index (χ1n) is 7.39. The van der Waals surface area contributed by atoms with Gasteiger partial charge < -0.3 is 4.90 Å². The van der Waals surface area contributed by atoms with Crippen molar-refractivity contribution in [2.75, 3.05) is 0 Å². The van der Waals surface area contributed by atoms with Crippen LogP contribution in [0, 0.1) is 0 Å². The molecule has 1 aromatic carbocycles. The van der Waals surface area contributed by atoms with Crippen molar-refractivity contribution < 1.29 is 5.41 Å². The van der Waals surface area contributed by atoms with Gasteiger partial charge in [-0.25, -0.2) is 0 Å². The Hall–Kier alpha value is -2.40. The molecule has 1 unspecified atom stereocenters. The Morgan fingerprint density at radius 2 is 2.22 bits per heavy atom. The van der Waals surface area contributed by atoms with Crippen molar-refractivity contribution in [3.8, 4) is 0 Å². The van der Waals surface area contributed by atoms with Gasteiger partial charge >= 0.3 is 5.84 Å². The number of halogens is 1. The minimum atomic E-state index is -0.108. The average molecular weight is 329 g/mol. The van der Waals surface area contributed by atoms with Gasteiger partial charge in [0.15, 0.2) is 0 Å². The van der Waals surface area contributed by atoms with Gasteiger partial charge in [0, 0.05) is 23.0 Å². The molecule has 0 fully saturated rings. The van der Waals surface area contributed by atoms with Gasteiger partial charge in [-0.3, -0.25) is 11.3 Å². The second-order valence-corrected chi connectivity index (χ2v) is 6.28. The highest BCUT2D eigenvalue weighted by Crippen LogP contribution is 2.40. The molecule has 0 amide bonds. The van der Waals surface area contributed by atoms with Crippen molar-refractivity contribution in [3.63, 3.8) is 0 Å². The molecule has 6 heteroatoms. The Morgan fingerprint density at radius 3 is 2.96 bits per heavy atom. The fraction of sp³-hybridized carbons (Fsp3) is 0.235. The van der Waals surface area contributed by atoms with Crippen molar-refractivity contribution in [2.45, 2.75) is 25.4 Å². The smallest absolute Gasteiger partial charge is 0.350 e. The van der Waals surface area contributed by atoms with Crippen molar-refractivity contribution in [2.24, 2.45) is 16.2 Å². The van der Waals surface area contributed by atoms with Crippen LogP contribution in [0.2, 0.25) is 5.02 Å². The molecule has 0 saturated heterocycles. The topological polar surface area (TPSA) is 79.6 Å². The molecule has 4 N–H and O–H groups in total. The summed E-state index contributed by atoms with van der Waals surface area (Å²) in [5.74, 6) is 5.40. The van der Waals surface area contributed by atoms with Crippen LogP contribution in [0.15, 0.2) is 70.2 Å². The fourth-order valence-electron chi connectivity index (χ4n) is 2.99. The summed E-state index contributed by atoms with van der Waals surface area (Å²) in [5.41, 5.74) is 3.05. The Bertz CT molecular complexity index is 762. The summed E-state index contributed by atoms with van der Waals surface area (Å²) < 4.78 is 0. The van der Waals surface area contributed by atoms with Crippen molar-refractivity contribution in [1.29, 1.82) is 0 Å². The van der Waals surface area contributed by atoms with Crippen LogP contribution in [-0.2, 0) is 6.54 Å². The number of rotatable bonds is 3. The van der Waals surface area contributed by atoms with E-state index in [1.165, 1.54) is 5.57 Å². The van der Waals surface area contributed by atoms with Crippen LogP contribution in [0.4, 0.5) is 0 Å². The number of benzene rings is 1. The maximum Gasteiger partial charge on any atom is 0.350 e. The van der Waals surface area contributed by atoms with Gasteiger partial charge in [0.1, 0.15) is 0 Å². The summed E-state index contributed by atoms with van der Waals surface area (Å²) in [6.07, 6.45) is 9.15. The first kappa shape index (κ1) is 15.5. The maximum absolute atomic E-state index is 6.29. The molecule has 1 atom stereocenters. The largest absolute Gasteiger partial charge is 0.363 e. The molecule has 1 aromatic rings. The average Bonchev–Trinajstić information content (AvgIpc) is 2.86. The maximum atomic E-state index is 6.29. The van der Waals surface area contributed by atoms with E-state index in [4.69, 9.17) is 22.9 Å². The van der Waals surface area contributed by atoms with Crippen LogP contribution >= 0.6 is 11.6 Å². The van der Waals surface area contributed by atoms with Crippen molar-refractivity contribution in [3.05, 3.63) is 70.4 Å². The molecular weight excluding hydrogens is 310 g/mol. The van der Waals surface area contributed by atoms with Crippen LogP contribution in [0.25, 0.3) is 0 Å². The lowest BCUT2D eigenvalue weighted by Gasteiger charge is -2.39. The summed E-state index contributed by atoms with van der Waals surface area (Å²) in [4.78, 5) is 2.30. The van der Waals surface area contributed by atoms with Crippen molar-refractivity contribution in [1.82, 2.24) is 4.90 Å². The SMILES string of the molecule is CC12CC=C(C(=[NH2+])N=NN)C=C1C=CN2Cc1ccccc1Cl. The quantitative estimate of drug-likeness (QED) is 0.293. The molecule has 118 valence electrons. The highest BCUT2D eigenvalue weighted by molar-refractivity contribution is 6.31. The third-order valence-electron chi connectivity index (χ3n) is 4.48. The minimum absolute atomic E-state index is 0.108. The Kier molecular flexibility index (Phi) is 4.05. The first-order chi connectivity index (χ1) is 11.0. The molecule has 2 aliphatic rings.